The third-order valence-corrected chi connectivity index (χ3v) is 2.77. The zero-order valence-corrected chi connectivity index (χ0v) is 8.09. The van der Waals surface area contributed by atoms with Crippen LogP contribution in [0.25, 0.3) is 10.6 Å². The summed E-state index contributed by atoms with van der Waals surface area (Å²) < 4.78 is 0. The van der Waals surface area contributed by atoms with Crippen molar-refractivity contribution in [3.05, 3.63) is 23.7 Å². The van der Waals surface area contributed by atoms with Gasteiger partial charge in [0.25, 0.3) is 0 Å². The third-order valence-electron chi connectivity index (χ3n) is 1.39. The van der Waals surface area contributed by atoms with Crippen molar-refractivity contribution in [2.24, 2.45) is 0 Å². The molecule has 0 atom stereocenters. The second-order valence-electron chi connectivity index (χ2n) is 2.26. The molecule has 0 aliphatic rings. The number of alkyl halides is 1. The Hall–Kier alpha value is -1.07. The van der Waals surface area contributed by atoms with Gasteiger partial charge in [-0.15, -0.1) is 21.8 Å². The van der Waals surface area contributed by atoms with Gasteiger partial charge >= 0.3 is 0 Å². The Kier molecular flexibility index (Phi) is 2.47. The highest BCUT2D eigenvalue weighted by Crippen LogP contribution is 2.22. The molecule has 4 nitrogen and oxygen atoms in total. The molecule has 2 heterocycles. The standard InChI is InChI=1S/C7H5ClN4S/c8-1-6-11-12-7(13-6)5-2-9-4-10-3-5/h2-4H,1H2. The molecule has 0 fully saturated rings. The predicted octanol–water partition coefficient (Wildman–Crippen LogP) is 1.73. The van der Waals surface area contributed by atoms with Crippen LogP contribution in [0.15, 0.2) is 18.7 Å². The van der Waals surface area contributed by atoms with Crippen LogP contribution < -0.4 is 0 Å². The van der Waals surface area contributed by atoms with Crippen LogP contribution in [0.4, 0.5) is 0 Å². The molecule has 0 N–H and O–H groups in total. The summed E-state index contributed by atoms with van der Waals surface area (Å²) in [5, 5.41) is 9.46. The Morgan fingerprint density at radius 1 is 1.23 bits per heavy atom. The molecule has 0 aliphatic carbocycles. The summed E-state index contributed by atoms with van der Waals surface area (Å²) in [4.78, 5) is 7.78. The summed E-state index contributed by atoms with van der Waals surface area (Å²) in [6, 6.07) is 0. The summed E-state index contributed by atoms with van der Waals surface area (Å²) in [6.45, 7) is 0. The zero-order chi connectivity index (χ0) is 9.10. The van der Waals surface area contributed by atoms with Gasteiger partial charge in [0.1, 0.15) is 11.3 Å². The second-order valence-corrected chi connectivity index (χ2v) is 3.59. The van der Waals surface area contributed by atoms with Crippen molar-refractivity contribution in [2.75, 3.05) is 0 Å². The number of nitrogens with zero attached hydrogens (tertiary/aromatic N) is 4. The van der Waals surface area contributed by atoms with Gasteiger partial charge < -0.3 is 0 Å². The van der Waals surface area contributed by atoms with Crippen LogP contribution >= 0.6 is 22.9 Å². The quantitative estimate of drug-likeness (QED) is 0.712. The minimum atomic E-state index is 0.394. The largest absolute Gasteiger partial charge is 0.244 e. The van der Waals surface area contributed by atoms with Gasteiger partial charge in [-0.1, -0.05) is 11.3 Å². The van der Waals surface area contributed by atoms with Crippen molar-refractivity contribution in [2.45, 2.75) is 5.88 Å². The first kappa shape index (κ1) is 8.52. The van der Waals surface area contributed by atoms with E-state index in [1.807, 2.05) is 0 Å². The van der Waals surface area contributed by atoms with Gasteiger partial charge in [0, 0.05) is 18.0 Å². The van der Waals surface area contributed by atoms with E-state index < -0.39 is 0 Å². The number of halogens is 1. The van der Waals surface area contributed by atoms with E-state index in [9.17, 15) is 0 Å². The normalized spacial score (nSPS) is 10.2. The van der Waals surface area contributed by atoms with Crippen molar-refractivity contribution in [3.8, 4) is 10.6 Å². The number of aromatic nitrogens is 4. The van der Waals surface area contributed by atoms with Crippen molar-refractivity contribution in [1.29, 1.82) is 0 Å². The van der Waals surface area contributed by atoms with E-state index in [1.165, 1.54) is 17.7 Å². The molecule has 0 aliphatic heterocycles. The van der Waals surface area contributed by atoms with Crippen LogP contribution in [0.3, 0.4) is 0 Å². The van der Waals surface area contributed by atoms with Gasteiger partial charge in [-0.3, -0.25) is 0 Å². The molecule has 2 aromatic heterocycles. The lowest BCUT2D eigenvalue weighted by Crippen LogP contribution is -1.80. The van der Waals surface area contributed by atoms with Crippen molar-refractivity contribution < 1.29 is 0 Å². The molecule has 0 radical (unpaired) electrons. The van der Waals surface area contributed by atoms with Crippen molar-refractivity contribution >= 4 is 22.9 Å². The molecular weight excluding hydrogens is 208 g/mol. The van der Waals surface area contributed by atoms with Gasteiger partial charge in [0.15, 0.2) is 5.01 Å². The van der Waals surface area contributed by atoms with Crippen molar-refractivity contribution in [3.63, 3.8) is 0 Å². The lowest BCUT2D eigenvalue weighted by Gasteiger charge is -1.89. The lowest BCUT2D eigenvalue weighted by atomic mass is 10.4. The smallest absolute Gasteiger partial charge is 0.150 e. The summed E-state index contributed by atoms with van der Waals surface area (Å²) in [5.41, 5.74) is 0.872. The molecule has 0 amide bonds. The van der Waals surface area contributed by atoms with E-state index in [0.717, 1.165) is 15.6 Å². The average molecular weight is 213 g/mol. The van der Waals surface area contributed by atoms with E-state index in [2.05, 4.69) is 20.2 Å². The first-order valence-electron chi connectivity index (χ1n) is 3.54. The van der Waals surface area contributed by atoms with Crippen LogP contribution in [0, 0.1) is 0 Å². The maximum absolute atomic E-state index is 5.60. The first-order valence-corrected chi connectivity index (χ1v) is 4.89. The van der Waals surface area contributed by atoms with E-state index in [0.29, 0.717) is 5.88 Å². The second kappa shape index (κ2) is 3.76. The molecule has 0 spiro atoms. The van der Waals surface area contributed by atoms with Crippen LogP contribution in [0.1, 0.15) is 5.01 Å². The molecule has 0 aromatic carbocycles. The molecule has 0 bridgehead atoms. The van der Waals surface area contributed by atoms with Crippen molar-refractivity contribution in [1.82, 2.24) is 20.2 Å². The minimum absolute atomic E-state index is 0.394. The summed E-state index contributed by atoms with van der Waals surface area (Å²) in [6.07, 6.45) is 4.88. The fourth-order valence-corrected chi connectivity index (χ4v) is 1.72. The fourth-order valence-electron chi connectivity index (χ4n) is 0.834. The molecule has 0 saturated carbocycles. The Morgan fingerprint density at radius 2 is 2.00 bits per heavy atom. The molecule has 2 aromatic rings. The third kappa shape index (κ3) is 1.81. The monoisotopic (exact) mass is 212 g/mol. The highest BCUT2D eigenvalue weighted by molar-refractivity contribution is 7.14. The van der Waals surface area contributed by atoms with E-state index in [1.54, 1.807) is 12.4 Å². The van der Waals surface area contributed by atoms with Crippen LogP contribution in [0.2, 0.25) is 0 Å². The number of hydrogen-bond donors (Lipinski definition) is 0. The van der Waals surface area contributed by atoms with Gasteiger partial charge in [-0.05, 0) is 0 Å². The predicted molar refractivity (Wildman–Crippen MR) is 50.5 cm³/mol. The SMILES string of the molecule is ClCc1nnc(-c2cncnc2)s1. The summed E-state index contributed by atoms with van der Waals surface area (Å²) >= 11 is 7.06. The maximum atomic E-state index is 5.60. The summed E-state index contributed by atoms with van der Waals surface area (Å²) in [7, 11) is 0. The molecular formula is C7H5ClN4S. The number of rotatable bonds is 2. The van der Waals surface area contributed by atoms with Crippen LogP contribution in [-0.2, 0) is 5.88 Å². The zero-order valence-electron chi connectivity index (χ0n) is 6.51. The van der Waals surface area contributed by atoms with Gasteiger partial charge in [0.05, 0.1) is 5.88 Å². The van der Waals surface area contributed by atoms with Gasteiger partial charge in [-0.2, -0.15) is 0 Å². The van der Waals surface area contributed by atoms with E-state index in [-0.39, 0.29) is 0 Å². The fraction of sp³-hybridized carbons (Fsp3) is 0.143. The molecule has 13 heavy (non-hydrogen) atoms. The molecule has 0 saturated heterocycles. The Bertz CT molecular complexity index is 388. The summed E-state index contributed by atoms with van der Waals surface area (Å²) in [5.74, 6) is 0.394. The molecule has 0 unspecified atom stereocenters. The molecule has 2 rings (SSSR count). The Labute approximate surface area is 83.6 Å². The van der Waals surface area contributed by atoms with Gasteiger partial charge in [0.2, 0.25) is 0 Å². The molecule has 66 valence electrons. The maximum Gasteiger partial charge on any atom is 0.150 e. The highest BCUT2D eigenvalue weighted by Gasteiger charge is 2.05. The average Bonchev–Trinajstić information content (AvgIpc) is 2.67. The van der Waals surface area contributed by atoms with E-state index in [4.69, 9.17) is 11.6 Å². The lowest BCUT2D eigenvalue weighted by molar-refractivity contribution is 1.04. The molecule has 6 heteroatoms. The Balaban J connectivity index is 2.36. The van der Waals surface area contributed by atoms with E-state index >= 15 is 0 Å². The van der Waals surface area contributed by atoms with Crippen LogP contribution in [0.5, 0.6) is 0 Å². The topological polar surface area (TPSA) is 51.6 Å². The first-order chi connectivity index (χ1) is 6.40. The highest BCUT2D eigenvalue weighted by atomic mass is 35.5. The van der Waals surface area contributed by atoms with Crippen LogP contribution in [-0.4, -0.2) is 20.2 Å². The van der Waals surface area contributed by atoms with Gasteiger partial charge in [-0.25, -0.2) is 9.97 Å². The minimum Gasteiger partial charge on any atom is -0.244 e. The number of hydrogen-bond acceptors (Lipinski definition) is 5. The Morgan fingerprint density at radius 3 is 2.62 bits per heavy atom.